The molecule has 0 aliphatic heterocycles. The van der Waals surface area contributed by atoms with Crippen LogP contribution in [0.4, 0.5) is 17.1 Å². The first-order valence-corrected chi connectivity index (χ1v) is 19.4. The molecule has 0 saturated carbocycles. The number of benzene rings is 9. The van der Waals surface area contributed by atoms with Crippen LogP contribution in [0.5, 0.6) is 0 Å². The maximum Gasteiger partial charge on any atom is 0.0726 e. The molecule has 0 N–H and O–H groups in total. The van der Waals surface area contributed by atoms with E-state index in [0.717, 1.165) is 17.1 Å². The second kappa shape index (κ2) is 13.0. The highest BCUT2D eigenvalue weighted by Crippen LogP contribution is 2.64. The lowest BCUT2D eigenvalue weighted by molar-refractivity contribution is 0.794. The molecule has 0 radical (unpaired) electrons. The average Bonchev–Trinajstić information content (AvgIpc) is 3.76. The summed E-state index contributed by atoms with van der Waals surface area (Å²) in [6, 6.07) is 82.5. The van der Waals surface area contributed by atoms with Crippen LogP contribution in [0.1, 0.15) is 22.3 Å². The van der Waals surface area contributed by atoms with E-state index in [2.05, 4.69) is 229 Å². The molecule has 56 heavy (non-hydrogen) atoms. The van der Waals surface area contributed by atoms with E-state index >= 15 is 0 Å². The largest absolute Gasteiger partial charge is 0.310 e. The highest BCUT2D eigenvalue weighted by molar-refractivity contribution is 6.01. The van der Waals surface area contributed by atoms with Gasteiger partial charge in [-0.1, -0.05) is 188 Å². The number of hydrogen-bond acceptors (Lipinski definition) is 1. The van der Waals surface area contributed by atoms with Crippen LogP contribution in [0.2, 0.25) is 0 Å². The van der Waals surface area contributed by atoms with Crippen molar-refractivity contribution in [2.75, 3.05) is 4.90 Å². The molecule has 0 heterocycles. The average molecular weight is 712 g/mol. The molecule has 0 saturated heterocycles. The van der Waals surface area contributed by atoms with Crippen LogP contribution in [0.3, 0.4) is 0 Å². The summed E-state index contributed by atoms with van der Waals surface area (Å²) >= 11 is 0. The van der Waals surface area contributed by atoms with Gasteiger partial charge >= 0.3 is 0 Å². The van der Waals surface area contributed by atoms with Crippen LogP contribution in [0.25, 0.3) is 55.6 Å². The first-order valence-electron chi connectivity index (χ1n) is 19.4. The van der Waals surface area contributed by atoms with Gasteiger partial charge in [0.25, 0.3) is 0 Å². The van der Waals surface area contributed by atoms with Crippen molar-refractivity contribution < 1.29 is 0 Å². The summed E-state index contributed by atoms with van der Waals surface area (Å²) in [5, 5.41) is 0. The molecule has 0 amide bonds. The minimum atomic E-state index is -0.432. The number of hydrogen-bond donors (Lipinski definition) is 0. The third-order valence-electron chi connectivity index (χ3n) is 11.9. The van der Waals surface area contributed by atoms with Crippen LogP contribution < -0.4 is 4.90 Å². The van der Waals surface area contributed by atoms with Gasteiger partial charge in [0.2, 0.25) is 0 Å². The van der Waals surface area contributed by atoms with Crippen molar-refractivity contribution in [1.29, 1.82) is 0 Å². The van der Waals surface area contributed by atoms with E-state index in [1.165, 1.54) is 77.9 Å². The Bertz CT molecular complexity index is 2790. The smallest absolute Gasteiger partial charge is 0.0726 e. The topological polar surface area (TPSA) is 3.24 Å². The van der Waals surface area contributed by atoms with E-state index in [9.17, 15) is 0 Å². The van der Waals surface area contributed by atoms with Gasteiger partial charge in [-0.15, -0.1) is 0 Å². The monoisotopic (exact) mass is 711 g/mol. The summed E-state index contributed by atoms with van der Waals surface area (Å²) in [4.78, 5) is 2.50. The molecule has 9 aromatic carbocycles. The molecule has 11 rings (SSSR count). The van der Waals surface area contributed by atoms with E-state index in [1.54, 1.807) is 0 Å². The van der Waals surface area contributed by atoms with Gasteiger partial charge < -0.3 is 4.90 Å². The fourth-order valence-corrected chi connectivity index (χ4v) is 9.51. The molecule has 1 nitrogen and oxygen atoms in total. The summed E-state index contributed by atoms with van der Waals surface area (Å²) in [5.74, 6) is 0. The minimum Gasteiger partial charge on any atom is -0.310 e. The van der Waals surface area contributed by atoms with Gasteiger partial charge in [-0.3, -0.25) is 0 Å². The fraction of sp³-hybridized carbons (Fsp3) is 0.0182. The van der Waals surface area contributed by atoms with Crippen molar-refractivity contribution in [3.8, 4) is 55.6 Å². The fourth-order valence-electron chi connectivity index (χ4n) is 9.51. The van der Waals surface area contributed by atoms with Crippen LogP contribution in [-0.2, 0) is 5.41 Å². The zero-order valence-electron chi connectivity index (χ0n) is 30.8. The van der Waals surface area contributed by atoms with Crippen LogP contribution in [0, 0.1) is 0 Å². The van der Waals surface area contributed by atoms with Gasteiger partial charge in [0, 0.05) is 16.9 Å². The van der Waals surface area contributed by atoms with Crippen molar-refractivity contribution in [2.45, 2.75) is 5.41 Å². The molecular formula is C55H37N. The lowest BCUT2D eigenvalue weighted by Gasteiger charge is -2.32. The Hall–Kier alpha value is -7.22. The molecular weight excluding hydrogens is 675 g/mol. The van der Waals surface area contributed by atoms with Gasteiger partial charge in [-0.25, -0.2) is 0 Å². The van der Waals surface area contributed by atoms with E-state index in [0.29, 0.717) is 0 Å². The second-order valence-electron chi connectivity index (χ2n) is 14.8. The molecule has 0 atom stereocenters. The van der Waals surface area contributed by atoms with E-state index in [1.807, 2.05) is 0 Å². The zero-order chi connectivity index (χ0) is 37.1. The third kappa shape index (κ3) is 4.88. The van der Waals surface area contributed by atoms with Gasteiger partial charge in [-0.05, 0) is 109 Å². The number of anilines is 3. The maximum atomic E-state index is 2.50. The molecule has 0 bridgehead atoms. The highest BCUT2D eigenvalue weighted by atomic mass is 15.1. The summed E-state index contributed by atoms with van der Waals surface area (Å²) in [6.45, 7) is 0. The van der Waals surface area contributed by atoms with E-state index in [-0.39, 0.29) is 0 Å². The molecule has 2 aliphatic carbocycles. The van der Waals surface area contributed by atoms with E-state index < -0.39 is 5.41 Å². The molecule has 2 aliphatic rings. The standard InChI is InChI=1S/C55H37N/c1-4-17-38(18-5-1)41-31-33-44(34-32-41)56(45-36-42(39-19-6-2-7-20-39)35-43(37-45)40-21-8-3-9-22-40)53-30-16-29-52-54(53)48-25-12-15-28-51(48)55(52)49-26-13-10-23-46(49)47-24-11-14-27-50(47)55/h1-37H. The van der Waals surface area contributed by atoms with Crippen molar-refractivity contribution in [3.05, 3.63) is 247 Å². The Balaban J connectivity index is 1.21. The molecule has 0 fully saturated rings. The highest BCUT2D eigenvalue weighted by Gasteiger charge is 2.52. The van der Waals surface area contributed by atoms with Crippen LogP contribution >= 0.6 is 0 Å². The summed E-state index contributed by atoms with van der Waals surface area (Å²) < 4.78 is 0. The number of rotatable bonds is 6. The first kappa shape index (κ1) is 32.2. The summed E-state index contributed by atoms with van der Waals surface area (Å²) in [7, 11) is 0. The molecule has 9 aromatic rings. The van der Waals surface area contributed by atoms with Gasteiger partial charge in [0.15, 0.2) is 0 Å². The first-order chi connectivity index (χ1) is 27.8. The Morgan fingerprint density at radius 2 is 0.679 bits per heavy atom. The Kier molecular flexibility index (Phi) is 7.47. The lowest BCUT2D eigenvalue weighted by atomic mass is 9.70. The Morgan fingerprint density at radius 1 is 0.268 bits per heavy atom. The molecule has 0 aromatic heterocycles. The Labute approximate surface area is 328 Å². The third-order valence-corrected chi connectivity index (χ3v) is 11.9. The predicted molar refractivity (Wildman–Crippen MR) is 234 cm³/mol. The SMILES string of the molecule is c1ccc(-c2ccc(N(c3cc(-c4ccccc4)cc(-c4ccccc4)c3)c3cccc4c3-c3ccccc3C43c4ccccc4-c4ccccc43)cc2)cc1. The van der Waals surface area contributed by atoms with Crippen molar-refractivity contribution in [2.24, 2.45) is 0 Å². The predicted octanol–water partition coefficient (Wildman–Crippen LogP) is 14.5. The maximum absolute atomic E-state index is 2.50. The van der Waals surface area contributed by atoms with E-state index in [4.69, 9.17) is 0 Å². The van der Waals surface area contributed by atoms with Crippen molar-refractivity contribution in [1.82, 2.24) is 0 Å². The van der Waals surface area contributed by atoms with Crippen LogP contribution in [0.15, 0.2) is 224 Å². The molecule has 0 unspecified atom stereocenters. The minimum absolute atomic E-state index is 0.432. The van der Waals surface area contributed by atoms with Crippen LogP contribution in [-0.4, -0.2) is 0 Å². The van der Waals surface area contributed by atoms with Gasteiger partial charge in [0.05, 0.1) is 11.1 Å². The molecule has 262 valence electrons. The normalized spacial score (nSPS) is 12.8. The second-order valence-corrected chi connectivity index (χ2v) is 14.8. The van der Waals surface area contributed by atoms with Gasteiger partial charge in [0.1, 0.15) is 0 Å². The van der Waals surface area contributed by atoms with Crippen molar-refractivity contribution in [3.63, 3.8) is 0 Å². The van der Waals surface area contributed by atoms with Crippen molar-refractivity contribution >= 4 is 17.1 Å². The number of fused-ring (bicyclic) bond motifs is 10. The van der Waals surface area contributed by atoms with Gasteiger partial charge in [-0.2, -0.15) is 0 Å². The summed E-state index contributed by atoms with van der Waals surface area (Å²) in [6.07, 6.45) is 0. The quantitative estimate of drug-likeness (QED) is 0.166. The summed E-state index contributed by atoms with van der Waals surface area (Å²) in [5.41, 5.74) is 20.6. The molecule has 1 spiro atoms. The Morgan fingerprint density at radius 3 is 1.21 bits per heavy atom. The molecule has 1 heteroatoms. The zero-order valence-corrected chi connectivity index (χ0v) is 30.8. The number of nitrogens with zero attached hydrogens (tertiary/aromatic N) is 1. The lowest BCUT2D eigenvalue weighted by Crippen LogP contribution is -2.26.